The molecule has 0 saturated carbocycles. The third-order valence-corrected chi connectivity index (χ3v) is 5.38. The summed E-state index contributed by atoms with van der Waals surface area (Å²) in [7, 11) is -3.64. The molecule has 0 radical (unpaired) electrons. The highest BCUT2D eigenvalue weighted by molar-refractivity contribution is 7.92. The fourth-order valence-corrected chi connectivity index (χ4v) is 3.56. The summed E-state index contributed by atoms with van der Waals surface area (Å²) in [6, 6.07) is 11.8. The van der Waals surface area contributed by atoms with Gasteiger partial charge < -0.3 is 0 Å². The molecule has 0 heterocycles. The van der Waals surface area contributed by atoms with Crippen LogP contribution in [0.1, 0.15) is 18.1 Å². The molecule has 0 spiro atoms. The average molecular weight is 428 g/mol. The number of carbonyl (C=O) groups is 1. The maximum absolute atomic E-state index is 12.1. The Hall–Kier alpha value is -2.09. The zero-order valence-electron chi connectivity index (χ0n) is 14.8. The van der Waals surface area contributed by atoms with Gasteiger partial charge in [-0.05, 0) is 36.2 Å². The van der Waals surface area contributed by atoms with E-state index in [1.54, 1.807) is 30.3 Å². The van der Waals surface area contributed by atoms with Gasteiger partial charge in [0, 0.05) is 10.6 Å². The number of sulfonamides is 1. The molecule has 0 aromatic heterocycles. The predicted octanol–water partition coefficient (Wildman–Crippen LogP) is 3.47. The Morgan fingerprint density at radius 2 is 1.85 bits per heavy atom. The number of nitrogens with one attached hydrogen (secondary N) is 1. The second-order valence-corrected chi connectivity index (χ2v) is 8.50. The summed E-state index contributed by atoms with van der Waals surface area (Å²) in [6.07, 6.45) is 3.24. The fourth-order valence-electron chi connectivity index (χ4n) is 2.24. The number of benzene rings is 2. The SMILES string of the molecule is CCc1ccc(N(CC(=O)N/N=C\c2ccc(Cl)cc2Cl)S(C)(=O)=O)cc1. The highest BCUT2D eigenvalue weighted by Gasteiger charge is 2.20. The highest BCUT2D eigenvalue weighted by atomic mass is 35.5. The lowest BCUT2D eigenvalue weighted by Crippen LogP contribution is -2.39. The van der Waals surface area contributed by atoms with E-state index < -0.39 is 22.5 Å². The number of amides is 1. The first-order valence-electron chi connectivity index (χ1n) is 8.04. The number of aryl methyl sites for hydroxylation is 1. The van der Waals surface area contributed by atoms with E-state index in [0.717, 1.165) is 22.5 Å². The smallest absolute Gasteiger partial charge is 0.260 e. The molecule has 2 aromatic carbocycles. The predicted molar refractivity (Wildman–Crippen MR) is 110 cm³/mol. The van der Waals surface area contributed by atoms with Crippen LogP contribution < -0.4 is 9.73 Å². The molecule has 0 atom stereocenters. The summed E-state index contributed by atoms with van der Waals surface area (Å²) >= 11 is 11.8. The number of rotatable bonds is 7. The van der Waals surface area contributed by atoms with Crippen molar-refractivity contribution >= 4 is 51.0 Å². The molecule has 1 amide bonds. The Labute approximate surface area is 168 Å². The van der Waals surface area contributed by atoms with Gasteiger partial charge in [-0.1, -0.05) is 48.3 Å². The topological polar surface area (TPSA) is 78.8 Å². The maximum atomic E-state index is 12.1. The van der Waals surface area contributed by atoms with Gasteiger partial charge in [-0.15, -0.1) is 0 Å². The highest BCUT2D eigenvalue weighted by Crippen LogP contribution is 2.20. The lowest BCUT2D eigenvalue weighted by molar-refractivity contribution is -0.119. The number of halogens is 2. The Morgan fingerprint density at radius 3 is 2.41 bits per heavy atom. The van der Waals surface area contributed by atoms with Crippen molar-refractivity contribution in [2.24, 2.45) is 5.10 Å². The van der Waals surface area contributed by atoms with Crippen LogP contribution in [0, 0.1) is 0 Å². The molecule has 9 heteroatoms. The van der Waals surface area contributed by atoms with Crippen molar-refractivity contribution < 1.29 is 13.2 Å². The lowest BCUT2D eigenvalue weighted by Gasteiger charge is -2.21. The van der Waals surface area contributed by atoms with Gasteiger partial charge >= 0.3 is 0 Å². The summed E-state index contributed by atoms with van der Waals surface area (Å²) < 4.78 is 25.2. The third-order valence-electron chi connectivity index (χ3n) is 3.68. The van der Waals surface area contributed by atoms with Crippen molar-refractivity contribution in [1.29, 1.82) is 0 Å². The van der Waals surface area contributed by atoms with Gasteiger partial charge in [0.25, 0.3) is 5.91 Å². The van der Waals surface area contributed by atoms with Crippen LogP contribution in [-0.4, -0.2) is 33.3 Å². The van der Waals surface area contributed by atoms with E-state index >= 15 is 0 Å². The number of hydrazone groups is 1. The third kappa shape index (κ3) is 6.23. The summed E-state index contributed by atoms with van der Waals surface area (Å²) in [5.41, 5.74) is 4.35. The summed E-state index contributed by atoms with van der Waals surface area (Å²) in [6.45, 7) is 1.61. The molecule has 0 fully saturated rings. The second-order valence-electron chi connectivity index (χ2n) is 5.75. The Balaban J connectivity index is 2.08. The first-order valence-corrected chi connectivity index (χ1v) is 10.6. The first kappa shape index (κ1) is 21.2. The molecule has 0 bridgehead atoms. The van der Waals surface area contributed by atoms with Crippen LogP contribution in [0.2, 0.25) is 10.0 Å². The minimum Gasteiger partial charge on any atom is -0.271 e. The number of carbonyl (C=O) groups excluding carboxylic acids is 1. The van der Waals surface area contributed by atoms with Crippen molar-refractivity contribution in [1.82, 2.24) is 5.43 Å². The van der Waals surface area contributed by atoms with Crippen LogP contribution in [0.15, 0.2) is 47.6 Å². The number of hydrogen-bond acceptors (Lipinski definition) is 4. The Morgan fingerprint density at radius 1 is 1.19 bits per heavy atom. The van der Waals surface area contributed by atoms with Crippen LogP contribution in [0.25, 0.3) is 0 Å². The zero-order chi connectivity index (χ0) is 20.0. The van der Waals surface area contributed by atoms with Crippen LogP contribution >= 0.6 is 23.2 Å². The van der Waals surface area contributed by atoms with Crippen molar-refractivity contribution in [3.8, 4) is 0 Å². The zero-order valence-corrected chi connectivity index (χ0v) is 17.1. The van der Waals surface area contributed by atoms with Gasteiger partial charge in [-0.25, -0.2) is 13.8 Å². The van der Waals surface area contributed by atoms with Crippen LogP contribution in [-0.2, 0) is 21.2 Å². The number of nitrogens with zero attached hydrogens (tertiary/aromatic N) is 2. The largest absolute Gasteiger partial charge is 0.271 e. The number of hydrogen-bond donors (Lipinski definition) is 1. The van der Waals surface area contributed by atoms with E-state index in [4.69, 9.17) is 23.2 Å². The molecule has 0 aliphatic heterocycles. The molecule has 1 N–H and O–H groups in total. The molecule has 0 aliphatic rings. The van der Waals surface area contributed by atoms with Gasteiger partial charge in [-0.3, -0.25) is 9.10 Å². The van der Waals surface area contributed by atoms with Crippen molar-refractivity contribution in [3.05, 3.63) is 63.6 Å². The van der Waals surface area contributed by atoms with Gasteiger partial charge in [-0.2, -0.15) is 5.10 Å². The van der Waals surface area contributed by atoms with Gasteiger partial charge in [0.2, 0.25) is 10.0 Å². The Bertz CT molecular complexity index is 945. The Kier molecular flexibility index (Phi) is 7.24. The van der Waals surface area contributed by atoms with Gasteiger partial charge in [0.1, 0.15) is 6.54 Å². The van der Waals surface area contributed by atoms with Crippen LogP contribution in [0.5, 0.6) is 0 Å². The molecule has 27 heavy (non-hydrogen) atoms. The molecule has 2 aromatic rings. The fraction of sp³-hybridized carbons (Fsp3) is 0.222. The summed E-state index contributed by atoms with van der Waals surface area (Å²) in [5, 5.41) is 4.68. The van der Waals surface area contributed by atoms with Gasteiger partial charge in [0.05, 0.1) is 23.2 Å². The van der Waals surface area contributed by atoms with E-state index in [9.17, 15) is 13.2 Å². The van der Waals surface area contributed by atoms with Crippen molar-refractivity contribution in [2.75, 3.05) is 17.1 Å². The summed E-state index contributed by atoms with van der Waals surface area (Å²) in [4.78, 5) is 12.1. The van der Waals surface area contributed by atoms with Crippen LogP contribution in [0.3, 0.4) is 0 Å². The molecular formula is C18H19Cl2N3O3S. The second kappa shape index (κ2) is 9.21. The number of anilines is 1. The van der Waals surface area contributed by atoms with E-state index in [0.29, 0.717) is 21.3 Å². The quantitative estimate of drug-likeness (QED) is 0.542. The first-order chi connectivity index (χ1) is 12.7. The average Bonchev–Trinajstić information content (AvgIpc) is 2.61. The maximum Gasteiger partial charge on any atom is 0.260 e. The minimum absolute atomic E-state index is 0.384. The van der Waals surface area contributed by atoms with E-state index in [1.165, 1.54) is 6.21 Å². The van der Waals surface area contributed by atoms with Crippen LogP contribution in [0.4, 0.5) is 5.69 Å². The van der Waals surface area contributed by atoms with E-state index in [1.807, 2.05) is 19.1 Å². The summed E-state index contributed by atoms with van der Waals surface area (Å²) in [5.74, 6) is -0.582. The van der Waals surface area contributed by atoms with E-state index in [-0.39, 0.29) is 0 Å². The van der Waals surface area contributed by atoms with Crippen molar-refractivity contribution in [2.45, 2.75) is 13.3 Å². The molecule has 6 nitrogen and oxygen atoms in total. The molecule has 0 unspecified atom stereocenters. The normalized spacial score (nSPS) is 11.6. The lowest BCUT2D eigenvalue weighted by atomic mass is 10.1. The molecule has 0 aliphatic carbocycles. The monoisotopic (exact) mass is 427 g/mol. The molecule has 2 rings (SSSR count). The minimum atomic E-state index is -3.64. The molecular weight excluding hydrogens is 409 g/mol. The molecule has 144 valence electrons. The van der Waals surface area contributed by atoms with Crippen molar-refractivity contribution in [3.63, 3.8) is 0 Å². The standard InChI is InChI=1S/C18H19Cl2N3O3S/c1-3-13-4-8-16(9-5-13)23(27(2,25)26)12-18(24)22-21-11-14-6-7-15(19)10-17(14)20/h4-11H,3,12H2,1-2H3,(H,22,24)/b21-11-. The molecule has 0 saturated heterocycles. The van der Waals surface area contributed by atoms with E-state index in [2.05, 4.69) is 10.5 Å². The van der Waals surface area contributed by atoms with Gasteiger partial charge in [0.15, 0.2) is 0 Å².